The number of hydrogen-bond donors (Lipinski definition) is 1. The maximum atomic E-state index is 12.2. The Bertz CT molecular complexity index is 1090. The van der Waals surface area contributed by atoms with Gasteiger partial charge in [0, 0.05) is 0 Å². The lowest BCUT2D eigenvalue weighted by Gasteiger charge is -2.13. The molecule has 150 valence electrons. The van der Waals surface area contributed by atoms with E-state index in [0.29, 0.717) is 23.7 Å². The van der Waals surface area contributed by atoms with Gasteiger partial charge in [-0.15, -0.1) is 0 Å². The van der Waals surface area contributed by atoms with Gasteiger partial charge in [0.15, 0.2) is 11.5 Å². The Morgan fingerprint density at radius 1 is 1.03 bits per heavy atom. The molecule has 0 radical (unpaired) electrons. The number of hydrogen-bond acceptors (Lipinski definition) is 5. The number of nitrogens with zero attached hydrogens (tertiary/aromatic N) is 1. The van der Waals surface area contributed by atoms with E-state index >= 15 is 0 Å². The highest BCUT2D eigenvalue weighted by Crippen LogP contribution is 2.34. The number of rotatable bonds is 8. The quantitative estimate of drug-likeness (QED) is 0.274. The Morgan fingerprint density at radius 3 is 2.34 bits per heavy atom. The van der Waals surface area contributed by atoms with E-state index in [9.17, 15) is 8.42 Å². The van der Waals surface area contributed by atoms with Crippen LogP contribution in [-0.2, 0) is 16.6 Å². The van der Waals surface area contributed by atoms with Gasteiger partial charge in [-0.2, -0.15) is 13.5 Å². The van der Waals surface area contributed by atoms with Crippen LogP contribution in [0.25, 0.3) is 0 Å². The molecule has 0 amide bonds. The fourth-order valence-corrected chi connectivity index (χ4v) is 4.10. The Morgan fingerprint density at radius 2 is 1.69 bits per heavy atom. The maximum absolute atomic E-state index is 12.2. The average molecular weight is 522 g/mol. The molecule has 0 unspecified atom stereocenters. The second-order valence-electron chi connectivity index (χ2n) is 5.97. The molecule has 3 aromatic rings. The van der Waals surface area contributed by atoms with Crippen molar-refractivity contribution < 1.29 is 17.9 Å². The molecule has 0 aliphatic heterocycles. The van der Waals surface area contributed by atoms with Crippen LogP contribution in [0.15, 0.2) is 82.8 Å². The highest BCUT2D eigenvalue weighted by molar-refractivity contribution is 14.1. The van der Waals surface area contributed by atoms with Crippen molar-refractivity contribution in [3.63, 3.8) is 0 Å². The van der Waals surface area contributed by atoms with E-state index < -0.39 is 10.0 Å². The summed E-state index contributed by atoms with van der Waals surface area (Å²) in [5, 5.41) is 3.87. The second kappa shape index (κ2) is 9.75. The first kappa shape index (κ1) is 21.1. The van der Waals surface area contributed by atoms with Gasteiger partial charge in [0.25, 0.3) is 10.0 Å². The van der Waals surface area contributed by atoms with E-state index in [1.54, 1.807) is 31.4 Å². The SMILES string of the molecule is COc1cc(/C=N\NS(=O)(=O)c2ccccc2)cc(I)c1OCc1ccccc1. The van der Waals surface area contributed by atoms with Crippen LogP contribution in [0.5, 0.6) is 11.5 Å². The number of ether oxygens (including phenoxy) is 2. The second-order valence-corrected chi connectivity index (χ2v) is 8.80. The zero-order valence-electron chi connectivity index (χ0n) is 15.6. The Labute approximate surface area is 183 Å². The van der Waals surface area contributed by atoms with E-state index in [4.69, 9.17) is 9.47 Å². The molecular weight excluding hydrogens is 503 g/mol. The minimum absolute atomic E-state index is 0.147. The predicted molar refractivity (Wildman–Crippen MR) is 121 cm³/mol. The van der Waals surface area contributed by atoms with Crippen molar-refractivity contribution in [1.29, 1.82) is 0 Å². The molecule has 8 heteroatoms. The highest BCUT2D eigenvalue weighted by Gasteiger charge is 2.13. The number of methoxy groups -OCH3 is 1. The standard InChI is InChI=1S/C21H19IN2O4S/c1-27-20-13-17(14-23-24-29(25,26)18-10-6-3-7-11-18)12-19(22)21(20)28-15-16-8-4-2-5-9-16/h2-14,24H,15H2,1H3/b23-14-. The Kier molecular flexibility index (Phi) is 7.10. The van der Waals surface area contributed by atoms with Gasteiger partial charge in [-0.1, -0.05) is 48.5 Å². The Balaban J connectivity index is 1.73. The fraction of sp³-hybridized carbons (Fsp3) is 0.0952. The van der Waals surface area contributed by atoms with Crippen molar-refractivity contribution in [3.05, 3.63) is 87.5 Å². The molecule has 0 fully saturated rings. The van der Waals surface area contributed by atoms with E-state index in [0.717, 1.165) is 9.13 Å². The van der Waals surface area contributed by atoms with Gasteiger partial charge in [-0.25, -0.2) is 4.83 Å². The lowest BCUT2D eigenvalue weighted by Crippen LogP contribution is -2.18. The van der Waals surface area contributed by atoms with Crippen LogP contribution < -0.4 is 14.3 Å². The fourth-order valence-electron chi connectivity index (χ4n) is 2.51. The number of benzene rings is 3. The first-order chi connectivity index (χ1) is 14.0. The summed E-state index contributed by atoms with van der Waals surface area (Å²) in [5.41, 5.74) is 1.72. The van der Waals surface area contributed by atoms with Gasteiger partial charge >= 0.3 is 0 Å². The highest BCUT2D eigenvalue weighted by atomic mass is 127. The zero-order chi connectivity index (χ0) is 20.7. The molecule has 0 aromatic heterocycles. The van der Waals surface area contributed by atoms with Crippen molar-refractivity contribution in [1.82, 2.24) is 4.83 Å². The van der Waals surface area contributed by atoms with Gasteiger partial charge in [0.1, 0.15) is 6.61 Å². The Hall–Kier alpha value is -2.59. The maximum Gasteiger partial charge on any atom is 0.276 e. The van der Waals surface area contributed by atoms with Crippen LogP contribution >= 0.6 is 22.6 Å². The summed E-state index contributed by atoms with van der Waals surface area (Å²) in [6.07, 6.45) is 1.42. The minimum Gasteiger partial charge on any atom is -0.493 e. The normalized spacial score (nSPS) is 11.4. The van der Waals surface area contributed by atoms with Crippen molar-refractivity contribution in [2.45, 2.75) is 11.5 Å². The van der Waals surface area contributed by atoms with E-state index in [2.05, 4.69) is 32.5 Å². The van der Waals surface area contributed by atoms with Crippen LogP contribution in [-0.4, -0.2) is 21.7 Å². The zero-order valence-corrected chi connectivity index (χ0v) is 18.6. The van der Waals surface area contributed by atoms with E-state index in [-0.39, 0.29) is 4.90 Å². The lowest BCUT2D eigenvalue weighted by atomic mass is 10.2. The van der Waals surface area contributed by atoms with Gasteiger partial charge in [-0.05, 0) is 58.0 Å². The molecule has 3 rings (SSSR count). The van der Waals surface area contributed by atoms with Crippen LogP contribution in [0.4, 0.5) is 0 Å². The third-order valence-corrected chi connectivity index (χ3v) is 5.96. The molecule has 0 saturated heterocycles. The van der Waals surface area contributed by atoms with Crippen LogP contribution in [0.3, 0.4) is 0 Å². The topological polar surface area (TPSA) is 77.0 Å². The number of hydrazone groups is 1. The molecular formula is C21H19IN2O4S. The summed E-state index contributed by atoms with van der Waals surface area (Å²) in [6.45, 7) is 0.414. The minimum atomic E-state index is -3.71. The summed E-state index contributed by atoms with van der Waals surface area (Å²) >= 11 is 2.15. The van der Waals surface area contributed by atoms with E-state index in [1.807, 2.05) is 36.4 Å². The van der Waals surface area contributed by atoms with E-state index in [1.165, 1.54) is 18.3 Å². The molecule has 0 heterocycles. The molecule has 0 aliphatic rings. The average Bonchev–Trinajstić information content (AvgIpc) is 2.74. The van der Waals surface area contributed by atoms with Gasteiger partial charge in [0.05, 0.1) is 21.8 Å². The molecule has 1 N–H and O–H groups in total. The van der Waals surface area contributed by atoms with Crippen molar-refractivity contribution in [2.75, 3.05) is 7.11 Å². The molecule has 0 bridgehead atoms. The molecule has 3 aromatic carbocycles. The smallest absolute Gasteiger partial charge is 0.276 e. The van der Waals surface area contributed by atoms with Crippen molar-refractivity contribution in [2.24, 2.45) is 5.10 Å². The third kappa shape index (κ3) is 5.70. The molecule has 29 heavy (non-hydrogen) atoms. The van der Waals surface area contributed by atoms with Crippen LogP contribution in [0.2, 0.25) is 0 Å². The summed E-state index contributed by atoms with van der Waals surface area (Å²) in [7, 11) is -2.15. The van der Waals surface area contributed by atoms with Gasteiger partial charge in [-0.3, -0.25) is 0 Å². The number of halogens is 1. The molecule has 0 atom stereocenters. The molecule has 0 spiro atoms. The summed E-state index contributed by atoms with van der Waals surface area (Å²) in [4.78, 5) is 2.36. The van der Waals surface area contributed by atoms with Crippen molar-refractivity contribution >= 4 is 38.8 Å². The number of sulfonamides is 1. The molecule has 6 nitrogen and oxygen atoms in total. The lowest BCUT2D eigenvalue weighted by molar-refractivity contribution is 0.282. The predicted octanol–water partition coefficient (Wildman–Crippen LogP) is 4.19. The molecule has 0 saturated carbocycles. The molecule has 0 aliphatic carbocycles. The number of nitrogens with one attached hydrogen (secondary N) is 1. The largest absolute Gasteiger partial charge is 0.493 e. The first-order valence-electron chi connectivity index (χ1n) is 8.64. The van der Waals surface area contributed by atoms with Crippen LogP contribution in [0, 0.1) is 3.57 Å². The summed E-state index contributed by atoms with van der Waals surface area (Å²) in [6, 6.07) is 21.5. The van der Waals surface area contributed by atoms with Gasteiger partial charge in [0.2, 0.25) is 0 Å². The summed E-state index contributed by atoms with van der Waals surface area (Å²) < 4.78 is 36.6. The first-order valence-corrected chi connectivity index (χ1v) is 11.2. The third-order valence-electron chi connectivity index (χ3n) is 3.92. The summed E-state index contributed by atoms with van der Waals surface area (Å²) in [5.74, 6) is 1.17. The van der Waals surface area contributed by atoms with Crippen LogP contribution in [0.1, 0.15) is 11.1 Å². The monoisotopic (exact) mass is 522 g/mol. The van der Waals surface area contributed by atoms with Crippen molar-refractivity contribution in [3.8, 4) is 11.5 Å². The van der Waals surface area contributed by atoms with Gasteiger partial charge < -0.3 is 9.47 Å².